The lowest BCUT2D eigenvalue weighted by molar-refractivity contribution is -0.391. The van der Waals surface area contributed by atoms with Gasteiger partial charge in [0.05, 0.1) is 0 Å². The van der Waals surface area contributed by atoms with E-state index in [1.54, 1.807) is 6.92 Å². The molecule has 1 heterocycles. The number of halogens is 4. The smallest absolute Gasteiger partial charge is 0.421 e. The van der Waals surface area contributed by atoms with Crippen LogP contribution in [0.1, 0.15) is 5.56 Å². The van der Waals surface area contributed by atoms with E-state index in [9.17, 15) is 17.6 Å². The Balaban J connectivity index is 2.47. The first-order chi connectivity index (χ1) is 6.82. The molecule has 0 amide bonds. The van der Waals surface area contributed by atoms with Gasteiger partial charge in [-0.1, -0.05) is 6.07 Å². The first-order valence-corrected chi connectivity index (χ1v) is 4.06. The molecule has 0 spiro atoms. The maximum Gasteiger partial charge on any atom is 0.507 e. The highest BCUT2D eigenvalue weighted by Gasteiger charge is 2.65. The van der Waals surface area contributed by atoms with Crippen LogP contribution in [-0.4, -0.2) is 12.2 Å². The molecule has 0 aliphatic carbocycles. The van der Waals surface area contributed by atoms with Crippen LogP contribution in [0.4, 0.5) is 17.6 Å². The Morgan fingerprint density at radius 1 is 0.933 bits per heavy atom. The summed E-state index contributed by atoms with van der Waals surface area (Å²) < 4.78 is 58.5. The Labute approximate surface area is 82.4 Å². The van der Waals surface area contributed by atoms with Crippen LogP contribution in [0.15, 0.2) is 18.2 Å². The van der Waals surface area contributed by atoms with Crippen molar-refractivity contribution in [3.63, 3.8) is 0 Å². The average Bonchev–Trinajstić information content (AvgIpc) is 2.07. The van der Waals surface area contributed by atoms with Crippen molar-refractivity contribution in [2.75, 3.05) is 0 Å². The van der Waals surface area contributed by atoms with Crippen LogP contribution < -0.4 is 9.47 Å². The van der Waals surface area contributed by atoms with Crippen LogP contribution in [0.3, 0.4) is 0 Å². The zero-order chi connectivity index (χ0) is 11.3. The van der Waals surface area contributed by atoms with Gasteiger partial charge in [0.1, 0.15) is 0 Å². The van der Waals surface area contributed by atoms with Crippen LogP contribution in [0.25, 0.3) is 0 Å². The summed E-state index contributed by atoms with van der Waals surface area (Å²) in [7, 11) is 0. The molecule has 0 atom stereocenters. The molecule has 6 heteroatoms. The van der Waals surface area contributed by atoms with Crippen molar-refractivity contribution in [1.82, 2.24) is 0 Å². The van der Waals surface area contributed by atoms with E-state index in [0.717, 1.165) is 6.07 Å². The second-order valence-corrected chi connectivity index (χ2v) is 3.19. The Bertz CT molecular complexity index is 403. The minimum atomic E-state index is -4.65. The SMILES string of the molecule is Cc1ccc2c(c1)OC(F)(F)C(F)(F)O2. The lowest BCUT2D eigenvalue weighted by Crippen LogP contribution is -2.52. The number of ether oxygens (including phenoxy) is 2. The molecule has 0 fully saturated rings. The number of hydrogen-bond donors (Lipinski definition) is 0. The lowest BCUT2D eigenvalue weighted by atomic mass is 10.2. The van der Waals surface area contributed by atoms with Crippen LogP contribution in [0, 0.1) is 6.92 Å². The third-order valence-corrected chi connectivity index (χ3v) is 1.91. The first kappa shape index (κ1) is 10.1. The van der Waals surface area contributed by atoms with Crippen molar-refractivity contribution in [2.24, 2.45) is 0 Å². The predicted octanol–water partition coefficient (Wildman–Crippen LogP) is 2.95. The van der Waals surface area contributed by atoms with Crippen molar-refractivity contribution >= 4 is 0 Å². The van der Waals surface area contributed by atoms with Crippen LogP contribution >= 0.6 is 0 Å². The Morgan fingerprint density at radius 2 is 1.47 bits per heavy atom. The van der Waals surface area contributed by atoms with E-state index >= 15 is 0 Å². The standard InChI is InChI=1S/C9H6F4O2/c1-5-2-3-6-7(4-5)15-9(12,13)8(10,11)14-6/h2-4H,1H3. The highest BCUT2D eigenvalue weighted by atomic mass is 19.3. The number of fused-ring (bicyclic) bond motifs is 1. The second-order valence-electron chi connectivity index (χ2n) is 3.19. The molecule has 2 rings (SSSR count). The van der Waals surface area contributed by atoms with Crippen molar-refractivity contribution in [3.05, 3.63) is 23.8 Å². The maximum atomic E-state index is 12.7. The van der Waals surface area contributed by atoms with Gasteiger partial charge in [0, 0.05) is 0 Å². The van der Waals surface area contributed by atoms with Gasteiger partial charge >= 0.3 is 12.2 Å². The van der Waals surface area contributed by atoms with Gasteiger partial charge in [-0.2, -0.15) is 17.6 Å². The van der Waals surface area contributed by atoms with Gasteiger partial charge in [-0.15, -0.1) is 0 Å². The Kier molecular flexibility index (Phi) is 1.86. The Morgan fingerprint density at radius 3 is 2.07 bits per heavy atom. The number of hydrogen-bond acceptors (Lipinski definition) is 2. The van der Waals surface area contributed by atoms with E-state index in [-0.39, 0.29) is 5.75 Å². The summed E-state index contributed by atoms with van der Waals surface area (Å²) in [5.41, 5.74) is 0.610. The number of aryl methyl sites for hydroxylation is 1. The minimum Gasteiger partial charge on any atom is -0.421 e. The van der Waals surface area contributed by atoms with Gasteiger partial charge in [0.25, 0.3) is 0 Å². The summed E-state index contributed by atoms with van der Waals surface area (Å²) >= 11 is 0. The molecular weight excluding hydrogens is 216 g/mol. The highest BCUT2D eigenvalue weighted by molar-refractivity contribution is 5.44. The molecular formula is C9H6F4O2. The van der Waals surface area contributed by atoms with Gasteiger partial charge in [-0.3, -0.25) is 0 Å². The van der Waals surface area contributed by atoms with Gasteiger partial charge in [0.15, 0.2) is 11.5 Å². The highest BCUT2D eigenvalue weighted by Crippen LogP contribution is 2.46. The molecule has 0 N–H and O–H groups in total. The van der Waals surface area contributed by atoms with Crippen LogP contribution in [0.5, 0.6) is 11.5 Å². The predicted molar refractivity (Wildman–Crippen MR) is 42.3 cm³/mol. The van der Waals surface area contributed by atoms with Gasteiger partial charge < -0.3 is 9.47 Å². The summed E-state index contributed by atoms with van der Waals surface area (Å²) in [5, 5.41) is 0. The van der Waals surface area contributed by atoms with Crippen molar-refractivity contribution in [1.29, 1.82) is 0 Å². The van der Waals surface area contributed by atoms with E-state index in [1.807, 2.05) is 0 Å². The molecule has 0 aromatic heterocycles. The third-order valence-electron chi connectivity index (χ3n) is 1.91. The maximum absolute atomic E-state index is 12.7. The molecule has 0 unspecified atom stereocenters. The monoisotopic (exact) mass is 222 g/mol. The quantitative estimate of drug-likeness (QED) is 0.628. The molecule has 0 saturated heterocycles. The summed E-state index contributed by atoms with van der Waals surface area (Å²) in [5.74, 6) is -0.776. The number of rotatable bonds is 0. The summed E-state index contributed by atoms with van der Waals surface area (Å²) in [6, 6.07) is 3.83. The van der Waals surface area contributed by atoms with E-state index in [2.05, 4.69) is 9.47 Å². The van der Waals surface area contributed by atoms with Crippen molar-refractivity contribution < 1.29 is 27.0 Å². The van der Waals surface area contributed by atoms with E-state index < -0.39 is 18.0 Å². The molecule has 1 aliphatic rings. The molecule has 82 valence electrons. The lowest BCUT2D eigenvalue weighted by Gasteiger charge is -2.31. The summed E-state index contributed by atoms with van der Waals surface area (Å²) in [6.07, 6.45) is -9.29. The molecule has 0 bridgehead atoms. The fourth-order valence-corrected chi connectivity index (χ4v) is 1.17. The molecule has 1 aromatic rings. The average molecular weight is 222 g/mol. The zero-order valence-corrected chi connectivity index (χ0v) is 7.56. The molecule has 0 saturated carbocycles. The molecule has 2 nitrogen and oxygen atoms in total. The van der Waals surface area contributed by atoms with E-state index in [4.69, 9.17) is 0 Å². The molecule has 0 radical (unpaired) electrons. The molecule has 1 aromatic carbocycles. The summed E-state index contributed by atoms with van der Waals surface area (Å²) in [4.78, 5) is 0. The van der Waals surface area contributed by atoms with Gasteiger partial charge in [-0.25, -0.2) is 0 Å². The van der Waals surface area contributed by atoms with Crippen molar-refractivity contribution in [3.8, 4) is 11.5 Å². The van der Waals surface area contributed by atoms with Crippen molar-refractivity contribution in [2.45, 2.75) is 19.1 Å². The van der Waals surface area contributed by atoms with Gasteiger partial charge in [-0.05, 0) is 24.6 Å². The zero-order valence-electron chi connectivity index (χ0n) is 7.56. The van der Waals surface area contributed by atoms with E-state index in [0.29, 0.717) is 5.56 Å². The third kappa shape index (κ3) is 1.49. The summed E-state index contributed by atoms with van der Waals surface area (Å²) in [6.45, 7) is 1.62. The number of alkyl halides is 4. The van der Waals surface area contributed by atoms with Crippen LogP contribution in [-0.2, 0) is 0 Å². The fourth-order valence-electron chi connectivity index (χ4n) is 1.17. The fraction of sp³-hybridized carbons (Fsp3) is 0.333. The topological polar surface area (TPSA) is 18.5 Å². The first-order valence-electron chi connectivity index (χ1n) is 4.06. The molecule has 15 heavy (non-hydrogen) atoms. The normalized spacial score (nSPS) is 21.1. The van der Waals surface area contributed by atoms with Crippen LogP contribution in [0.2, 0.25) is 0 Å². The molecule has 1 aliphatic heterocycles. The largest absolute Gasteiger partial charge is 0.507 e. The Hall–Kier alpha value is -1.46. The number of benzene rings is 1. The van der Waals surface area contributed by atoms with E-state index in [1.165, 1.54) is 12.1 Å². The minimum absolute atomic E-state index is 0.383. The van der Waals surface area contributed by atoms with Gasteiger partial charge in [0.2, 0.25) is 0 Å². The second kappa shape index (κ2) is 2.77.